The fraction of sp³-hybridized carbons (Fsp3) is 0.474. The molecule has 28 heavy (non-hydrogen) atoms. The van der Waals surface area contributed by atoms with Gasteiger partial charge >= 0.3 is 5.97 Å². The summed E-state index contributed by atoms with van der Waals surface area (Å²) >= 11 is 7.03. The quantitative estimate of drug-likeness (QED) is 0.369. The number of anilines is 1. The number of esters is 1. The normalized spacial score (nSPS) is 26.8. The van der Waals surface area contributed by atoms with Crippen LogP contribution in [0.3, 0.4) is 0 Å². The maximum absolute atomic E-state index is 12.5. The van der Waals surface area contributed by atoms with E-state index in [0.717, 1.165) is 10.5 Å². The van der Waals surface area contributed by atoms with Crippen LogP contribution in [0.15, 0.2) is 24.3 Å². The van der Waals surface area contributed by atoms with E-state index in [-0.39, 0.29) is 21.5 Å². The maximum atomic E-state index is 12.5. The van der Waals surface area contributed by atoms with Gasteiger partial charge in [-0.05, 0) is 31.9 Å². The minimum atomic E-state index is -0.787. The van der Waals surface area contributed by atoms with E-state index in [1.807, 2.05) is 19.1 Å². The molecule has 0 unspecified atom stereocenters. The summed E-state index contributed by atoms with van der Waals surface area (Å²) in [5.41, 5.74) is 1.65. The van der Waals surface area contributed by atoms with E-state index in [0.29, 0.717) is 18.5 Å². The Bertz CT molecular complexity index is 770. The summed E-state index contributed by atoms with van der Waals surface area (Å²) in [5, 5.41) is 2.61. The summed E-state index contributed by atoms with van der Waals surface area (Å²) in [5.74, 6) is -2.80. The Labute approximate surface area is 179 Å². The third-order valence-corrected chi connectivity index (χ3v) is 7.72. The molecule has 0 spiro atoms. The molecule has 1 aromatic carbocycles. The highest BCUT2D eigenvalue weighted by molar-refractivity contribution is 9.12. The Morgan fingerprint density at radius 3 is 2.14 bits per heavy atom. The largest absolute Gasteiger partial charge is 0.454 e. The molecule has 7 nitrogen and oxygen atoms in total. The summed E-state index contributed by atoms with van der Waals surface area (Å²) in [6.07, 6.45) is 1.07. The first-order chi connectivity index (χ1) is 13.3. The van der Waals surface area contributed by atoms with Crippen molar-refractivity contribution in [2.45, 2.75) is 29.4 Å². The van der Waals surface area contributed by atoms with Crippen LogP contribution in [-0.4, -0.2) is 51.4 Å². The van der Waals surface area contributed by atoms with Gasteiger partial charge in [0, 0.05) is 15.3 Å². The zero-order valence-corrected chi connectivity index (χ0v) is 18.4. The third-order valence-electron chi connectivity index (χ3n) is 4.99. The van der Waals surface area contributed by atoms with E-state index in [9.17, 15) is 19.2 Å². The molecule has 150 valence electrons. The number of halogens is 2. The Hall–Kier alpha value is -1.74. The molecule has 0 aromatic heterocycles. The molecule has 1 aliphatic heterocycles. The van der Waals surface area contributed by atoms with Crippen LogP contribution < -0.4 is 5.32 Å². The van der Waals surface area contributed by atoms with E-state index < -0.39 is 36.9 Å². The van der Waals surface area contributed by atoms with Crippen LogP contribution in [0.5, 0.6) is 0 Å². The Morgan fingerprint density at radius 2 is 1.61 bits per heavy atom. The van der Waals surface area contributed by atoms with Crippen LogP contribution in [0, 0.1) is 18.8 Å². The number of aryl methyl sites for hydroxylation is 1. The Morgan fingerprint density at radius 1 is 1.07 bits per heavy atom. The van der Waals surface area contributed by atoms with Crippen LogP contribution >= 0.6 is 31.9 Å². The SMILES string of the molecule is Cc1ccc(NC(=O)COC(=O)CN2C(=O)[C@H]3C[C@@H](Br)[C@@H](Br)C[C@H]3C2=O)cc1. The monoisotopic (exact) mass is 514 g/mol. The number of likely N-dealkylation sites (tertiary alicyclic amines) is 1. The summed E-state index contributed by atoms with van der Waals surface area (Å²) in [7, 11) is 0. The smallest absolute Gasteiger partial charge is 0.326 e. The van der Waals surface area contributed by atoms with E-state index in [1.54, 1.807) is 12.1 Å². The van der Waals surface area contributed by atoms with Gasteiger partial charge in [0.15, 0.2) is 6.61 Å². The summed E-state index contributed by atoms with van der Waals surface area (Å²) < 4.78 is 4.94. The third kappa shape index (κ3) is 4.63. The van der Waals surface area contributed by atoms with Crippen molar-refractivity contribution in [2.75, 3.05) is 18.5 Å². The number of ether oxygens (including phenoxy) is 1. The number of alkyl halides is 2. The molecule has 1 aliphatic carbocycles. The highest BCUT2D eigenvalue weighted by atomic mass is 79.9. The van der Waals surface area contributed by atoms with Crippen molar-refractivity contribution < 1.29 is 23.9 Å². The van der Waals surface area contributed by atoms with Gasteiger partial charge in [-0.15, -0.1) is 0 Å². The predicted octanol–water partition coefficient (Wildman–Crippen LogP) is 2.40. The topological polar surface area (TPSA) is 92.8 Å². The number of fused-ring (bicyclic) bond motifs is 1. The number of carbonyl (C=O) groups is 4. The molecular formula is C19H20Br2N2O5. The number of nitrogens with one attached hydrogen (secondary N) is 1. The lowest BCUT2D eigenvalue weighted by atomic mass is 9.81. The van der Waals surface area contributed by atoms with E-state index in [2.05, 4.69) is 37.2 Å². The van der Waals surface area contributed by atoms with Gasteiger partial charge in [-0.3, -0.25) is 24.1 Å². The fourth-order valence-electron chi connectivity index (χ4n) is 3.47. The van der Waals surface area contributed by atoms with Gasteiger partial charge in [0.1, 0.15) is 6.54 Å². The molecule has 2 aliphatic rings. The number of amides is 3. The molecule has 9 heteroatoms. The minimum Gasteiger partial charge on any atom is -0.454 e. The number of rotatable bonds is 5. The second-order valence-electron chi connectivity index (χ2n) is 7.05. The minimum absolute atomic E-state index is 0.0999. The average Bonchev–Trinajstić information content (AvgIpc) is 2.87. The van der Waals surface area contributed by atoms with Gasteiger partial charge in [-0.2, -0.15) is 0 Å². The molecule has 1 heterocycles. The van der Waals surface area contributed by atoms with Crippen LogP contribution in [0.2, 0.25) is 0 Å². The van der Waals surface area contributed by atoms with Crippen molar-refractivity contribution in [1.29, 1.82) is 0 Å². The van der Waals surface area contributed by atoms with Crippen LogP contribution in [0.4, 0.5) is 5.69 Å². The Kier molecular flexibility index (Phi) is 6.54. The highest BCUT2D eigenvalue weighted by Gasteiger charge is 2.52. The summed E-state index contributed by atoms with van der Waals surface area (Å²) in [6.45, 7) is 0.978. The molecule has 3 rings (SSSR count). The predicted molar refractivity (Wildman–Crippen MR) is 109 cm³/mol. The fourth-order valence-corrected chi connectivity index (χ4v) is 4.71. The number of carbonyl (C=O) groups excluding carboxylic acids is 4. The van der Waals surface area contributed by atoms with E-state index in [1.165, 1.54) is 0 Å². The van der Waals surface area contributed by atoms with E-state index in [4.69, 9.17) is 4.74 Å². The first-order valence-corrected chi connectivity index (χ1v) is 10.7. The average molecular weight is 516 g/mol. The van der Waals surface area contributed by atoms with Gasteiger partial charge in [0.25, 0.3) is 5.91 Å². The van der Waals surface area contributed by atoms with Crippen molar-refractivity contribution in [3.63, 3.8) is 0 Å². The van der Waals surface area contributed by atoms with Gasteiger partial charge in [0.2, 0.25) is 11.8 Å². The second-order valence-corrected chi connectivity index (χ2v) is 9.41. The van der Waals surface area contributed by atoms with Gasteiger partial charge in [0.05, 0.1) is 11.8 Å². The Balaban J connectivity index is 1.50. The van der Waals surface area contributed by atoms with Crippen LogP contribution in [0.25, 0.3) is 0 Å². The summed E-state index contributed by atoms with van der Waals surface area (Å²) in [6, 6.07) is 7.18. The van der Waals surface area contributed by atoms with Crippen molar-refractivity contribution >= 4 is 61.2 Å². The molecule has 4 atom stereocenters. The first-order valence-electron chi connectivity index (χ1n) is 8.91. The molecule has 1 saturated heterocycles. The van der Waals surface area contributed by atoms with Crippen LogP contribution in [-0.2, 0) is 23.9 Å². The zero-order chi connectivity index (χ0) is 20.4. The number of hydrogen-bond acceptors (Lipinski definition) is 5. The van der Waals surface area contributed by atoms with Crippen molar-refractivity contribution in [3.05, 3.63) is 29.8 Å². The van der Waals surface area contributed by atoms with Crippen LogP contribution in [0.1, 0.15) is 18.4 Å². The van der Waals surface area contributed by atoms with Crippen molar-refractivity contribution in [3.8, 4) is 0 Å². The second kappa shape index (κ2) is 8.73. The van der Waals surface area contributed by atoms with Gasteiger partial charge < -0.3 is 10.1 Å². The van der Waals surface area contributed by atoms with Gasteiger partial charge in [-0.1, -0.05) is 49.6 Å². The lowest BCUT2D eigenvalue weighted by molar-refractivity contribution is -0.154. The number of hydrogen-bond donors (Lipinski definition) is 1. The molecule has 0 bridgehead atoms. The molecule has 0 radical (unpaired) electrons. The van der Waals surface area contributed by atoms with E-state index >= 15 is 0 Å². The van der Waals surface area contributed by atoms with Crippen molar-refractivity contribution in [1.82, 2.24) is 4.90 Å². The zero-order valence-electron chi connectivity index (χ0n) is 15.2. The maximum Gasteiger partial charge on any atom is 0.326 e. The molecule has 1 saturated carbocycles. The number of benzene rings is 1. The number of nitrogens with zero attached hydrogens (tertiary/aromatic N) is 1. The molecule has 2 fully saturated rings. The standard InChI is InChI=1S/C19H20Br2N2O5/c1-10-2-4-11(5-3-10)22-16(24)9-28-17(25)8-23-18(26)12-6-14(20)15(21)7-13(12)19(23)27/h2-5,12-15H,6-9H2,1H3,(H,22,24)/t12-,13+,14+,15-. The summed E-state index contributed by atoms with van der Waals surface area (Å²) in [4.78, 5) is 50.2. The molecule has 1 aromatic rings. The molecule has 1 N–H and O–H groups in total. The molecular weight excluding hydrogens is 496 g/mol. The van der Waals surface area contributed by atoms with Crippen molar-refractivity contribution in [2.24, 2.45) is 11.8 Å². The number of imide groups is 1. The molecule has 3 amide bonds. The lowest BCUT2D eigenvalue weighted by Gasteiger charge is -2.29. The lowest BCUT2D eigenvalue weighted by Crippen LogP contribution is -2.37. The first kappa shape index (κ1) is 21.0. The van der Waals surface area contributed by atoms with Gasteiger partial charge in [-0.25, -0.2) is 0 Å². The highest BCUT2D eigenvalue weighted by Crippen LogP contribution is 2.43.